The largest absolute Gasteiger partial charge is 0.345 e. The van der Waals surface area contributed by atoms with Crippen LogP contribution in [0.2, 0.25) is 5.02 Å². The average Bonchev–Trinajstić information content (AvgIpc) is 2.48. The predicted molar refractivity (Wildman–Crippen MR) is 84.3 cm³/mol. The van der Waals surface area contributed by atoms with Gasteiger partial charge in [-0.2, -0.15) is 0 Å². The van der Waals surface area contributed by atoms with Crippen molar-refractivity contribution in [2.75, 3.05) is 5.32 Å². The first kappa shape index (κ1) is 15.8. The molecule has 0 bridgehead atoms. The van der Waals surface area contributed by atoms with Crippen molar-refractivity contribution in [2.24, 2.45) is 5.92 Å². The van der Waals surface area contributed by atoms with Crippen LogP contribution < -0.4 is 10.6 Å². The van der Waals surface area contributed by atoms with E-state index in [2.05, 4.69) is 17.6 Å². The highest BCUT2D eigenvalue weighted by Gasteiger charge is 2.23. The molecule has 0 heterocycles. The van der Waals surface area contributed by atoms with Gasteiger partial charge in [-0.25, -0.2) is 0 Å². The number of rotatable bonds is 3. The average molecular weight is 309 g/mol. The van der Waals surface area contributed by atoms with Gasteiger partial charge in [0, 0.05) is 16.8 Å². The molecule has 1 saturated carbocycles. The summed E-state index contributed by atoms with van der Waals surface area (Å²) in [5, 5.41) is 5.89. The van der Waals surface area contributed by atoms with Crippen molar-refractivity contribution in [3.05, 3.63) is 29.3 Å². The molecule has 1 aromatic rings. The van der Waals surface area contributed by atoms with Crippen LogP contribution in [0.1, 0.15) is 39.0 Å². The lowest BCUT2D eigenvalue weighted by Gasteiger charge is -2.28. The van der Waals surface area contributed by atoms with E-state index in [1.165, 1.54) is 6.42 Å². The lowest BCUT2D eigenvalue weighted by molar-refractivity contribution is -0.136. The van der Waals surface area contributed by atoms with Crippen LogP contribution in [0, 0.1) is 5.92 Å². The van der Waals surface area contributed by atoms with Crippen molar-refractivity contribution < 1.29 is 9.59 Å². The van der Waals surface area contributed by atoms with Crippen LogP contribution in [-0.4, -0.2) is 17.9 Å². The Hall–Kier alpha value is -1.55. The second-order valence-corrected chi connectivity index (χ2v) is 6.00. The highest BCUT2D eigenvalue weighted by atomic mass is 35.5. The molecule has 2 N–H and O–H groups in total. The molecule has 2 amide bonds. The van der Waals surface area contributed by atoms with Gasteiger partial charge in [-0.05, 0) is 49.8 Å². The Morgan fingerprint density at radius 2 is 1.90 bits per heavy atom. The zero-order chi connectivity index (χ0) is 15.2. The van der Waals surface area contributed by atoms with Gasteiger partial charge in [-0.1, -0.05) is 31.0 Å². The molecule has 2 rings (SSSR count). The summed E-state index contributed by atoms with van der Waals surface area (Å²) in [6, 6.07) is 6.86. The molecule has 5 heteroatoms. The standard InChI is InChI=1S/C16H21ClN2O2/c1-2-11-6-8-13(9-7-11)18-15(20)16(21)19-14-5-3-4-12(17)10-14/h3-5,10-11,13H,2,6-9H2,1H3,(H,18,20)(H,19,21). The SMILES string of the molecule is CCC1CCC(NC(=O)C(=O)Nc2cccc(Cl)c2)CC1. The number of halogens is 1. The molecule has 1 aliphatic rings. The van der Waals surface area contributed by atoms with Crippen molar-refractivity contribution in [1.82, 2.24) is 5.32 Å². The second-order valence-electron chi connectivity index (χ2n) is 5.56. The maximum absolute atomic E-state index is 11.9. The third kappa shape index (κ3) is 4.74. The summed E-state index contributed by atoms with van der Waals surface area (Å²) in [6.07, 6.45) is 5.34. The van der Waals surface area contributed by atoms with E-state index in [1.807, 2.05) is 0 Å². The van der Waals surface area contributed by atoms with Gasteiger partial charge >= 0.3 is 11.8 Å². The fourth-order valence-electron chi connectivity index (χ4n) is 2.72. The minimum absolute atomic E-state index is 0.116. The summed E-state index contributed by atoms with van der Waals surface area (Å²) in [4.78, 5) is 23.7. The zero-order valence-electron chi connectivity index (χ0n) is 12.2. The van der Waals surface area contributed by atoms with Gasteiger partial charge in [-0.15, -0.1) is 0 Å². The summed E-state index contributed by atoms with van der Waals surface area (Å²) in [5.41, 5.74) is 0.525. The van der Waals surface area contributed by atoms with E-state index in [9.17, 15) is 9.59 Å². The van der Waals surface area contributed by atoms with Crippen molar-refractivity contribution >= 4 is 29.1 Å². The molecule has 0 spiro atoms. The quantitative estimate of drug-likeness (QED) is 0.841. The Kier molecular flexibility index (Phi) is 5.62. The van der Waals surface area contributed by atoms with Crippen LogP contribution >= 0.6 is 11.6 Å². The molecule has 21 heavy (non-hydrogen) atoms. The molecular weight excluding hydrogens is 288 g/mol. The number of hydrogen-bond acceptors (Lipinski definition) is 2. The van der Waals surface area contributed by atoms with E-state index in [4.69, 9.17) is 11.6 Å². The molecule has 0 radical (unpaired) electrons. The fourth-order valence-corrected chi connectivity index (χ4v) is 2.91. The van der Waals surface area contributed by atoms with Gasteiger partial charge in [0.1, 0.15) is 0 Å². The Labute approximate surface area is 130 Å². The smallest absolute Gasteiger partial charge is 0.313 e. The van der Waals surface area contributed by atoms with Gasteiger partial charge in [0.25, 0.3) is 0 Å². The summed E-state index contributed by atoms with van der Waals surface area (Å²) in [6.45, 7) is 2.20. The van der Waals surface area contributed by atoms with Crippen LogP contribution in [0.15, 0.2) is 24.3 Å². The molecular formula is C16H21ClN2O2. The molecule has 1 aliphatic carbocycles. The minimum atomic E-state index is -0.644. The van der Waals surface area contributed by atoms with Gasteiger partial charge in [0.05, 0.1) is 0 Å². The number of hydrogen-bond donors (Lipinski definition) is 2. The molecule has 0 aliphatic heterocycles. The maximum Gasteiger partial charge on any atom is 0.313 e. The monoisotopic (exact) mass is 308 g/mol. The summed E-state index contributed by atoms with van der Waals surface area (Å²) < 4.78 is 0. The number of nitrogens with one attached hydrogen (secondary N) is 2. The highest BCUT2D eigenvalue weighted by Crippen LogP contribution is 2.26. The first-order valence-electron chi connectivity index (χ1n) is 7.46. The Bertz CT molecular complexity index is 511. The summed E-state index contributed by atoms with van der Waals surface area (Å²) in [5.74, 6) is -0.455. The Morgan fingerprint density at radius 1 is 1.19 bits per heavy atom. The number of amides is 2. The third-order valence-corrected chi connectivity index (χ3v) is 4.28. The maximum atomic E-state index is 11.9. The first-order valence-corrected chi connectivity index (χ1v) is 7.83. The van der Waals surface area contributed by atoms with Crippen LogP contribution in [0.3, 0.4) is 0 Å². The Balaban J connectivity index is 1.82. The Morgan fingerprint density at radius 3 is 2.52 bits per heavy atom. The molecule has 0 unspecified atom stereocenters. The minimum Gasteiger partial charge on any atom is -0.345 e. The number of benzene rings is 1. The lowest BCUT2D eigenvalue weighted by atomic mass is 9.84. The van der Waals surface area contributed by atoms with Gasteiger partial charge in [-0.3, -0.25) is 9.59 Å². The molecule has 0 atom stereocenters. The molecule has 0 aromatic heterocycles. The molecule has 0 saturated heterocycles. The number of carbonyl (C=O) groups excluding carboxylic acids is 2. The lowest BCUT2D eigenvalue weighted by Crippen LogP contribution is -2.43. The van der Waals surface area contributed by atoms with E-state index in [0.29, 0.717) is 10.7 Å². The fraction of sp³-hybridized carbons (Fsp3) is 0.500. The molecule has 1 fully saturated rings. The van der Waals surface area contributed by atoms with Gasteiger partial charge in [0.2, 0.25) is 0 Å². The first-order chi connectivity index (χ1) is 10.1. The third-order valence-electron chi connectivity index (χ3n) is 4.05. The molecule has 1 aromatic carbocycles. The normalized spacial score (nSPS) is 21.6. The topological polar surface area (TPSA) is 58.2 Å². The van der Waals surface area contributed by atoms with Gasteiger partial charge in [0.15, 0.2) is 0 Å². The van der Waals surface area contributed by atoms with Crippen molar-refractivity contribution in [3.63, 3.8) is 0 Å². The van der Waals surface area contributed by atoms with Crippen LogP contribution in [0.5, 0.6) is 0 Å². The summed E-state index contributed by atoms with van der Waals surface area (Å²) >= 11 is 5.84. The van der Waals surface area contributed by atoms with E-state index < -0.39 is 11.8 Å². The highest BCUT2D eigenvalue weighted by molar-refractivity contribution is 6.40. The van der Waals surface area contributed by atoms with Crippen molar-refractivity contribution in [3.8, 4) is 0 Å². The zero-order valence-corrected chi connectivity index (χ0v) is 13.0. The van der Waals surface area contributed by atoms with Crippen LogP contribution in [0.4, 0.5) is 5.69 Å². The van der Waals surface area contributed by atoms with Crippen LogP contribution in [-0.2, 0) is 9.59 Å². The van der Waals surface area contributed by atoms with Crippen LogP contribution in [0.25, 0.3) is 0 Å². The van der Waals surface area contributed by atoms with Gasteiger partial charge < -0.3 is 10.6 Å². The van der Waals surface area contributed by atoms with Crippen molar-refractivity contribution in [2.45, 2.75) is 45.1 Å². The molecule has 4 nitrogen and oxygen atoms in total. The second kappa shape index (κ2) is 7.46. The number of carbonyl (C=O) groups is 2. The number of anilines is 1. The van der Waals surface area contributed by atoms with Crippen molar-refractivity contribution in [1.29, 1.82) is 0 Å². The van der Waals surface area contributed by atoms with E-state index in [1.54, 1.807) is 24.3 Å². The predicted octanol–water partition coefficient (Wildman–Crippen LogP) is 3.36. The van der Waals surface area contributed by atoms with E-state index in [-0.39, 0.29) is 6.04 Å². The van der Waals surface area contributed by atoms with E-state index >= 15 is 0 Å². The molecule has 114 valence electrons. The summed E-state index contributed by atoms with van der Waals surface area (Å²) in [7, 11) is 0. The van der Waals surface area contributed by atoms with E-state index in [0.717, 1.165) is 31.6 Å².